The highest BCUT2D eigenvalue weighted by molar-refractivity contribution is 5.71. The van der Waals surface area contributed by atoms with E-state index >= 15 is 0 Å². The number of methoxy groups -OCH3 is 1. The fourth-order valence-electron chi connectivity index (χ4n) is 1.04. The minimum absolute atomic E-state index is 0.0483. The SMILES string of the molecule is COC(=O)COc1ccccc1OCC(F)(F)F. The standard InChI is InChI=1S/C11H11F3O4/c1-16-10(15)6-17-8-4-2-3-5-9(8)18-7-11(12,13)14/h2-5H,6-7H2,1H3. The topological polar surface area (TPSA) is 44.8 Å². The van der Waals surface area contributed by atoms with E-state index in [2.05, 4.69) is 9.47 Å². The summed E-state index contributed by atoms with van der Waals surface area (Å²) in [6.07, 6.45) is -4.44. The Bertz CT molecular complexity index is 404. The Balaban J connectivity index is 2.64. The molecule has 0 heterocycles. The summed E-state index contributed by atoms with van der Waals surface area (Å²) in [5.41, 5.74) is 0. The van der Waals surface area contributed by atoms with E-state index in [0.717, 1.165) is 0 Å². The number of alkyl halides is 3. The van der Waals surface area contributed by atoms with Gasteiger partial charge in [-0.25, -0.2) is 4.79 Å². The second-order valence-corrected chi connectivity index (χ2v) is 3.22. The number of hydrogen-bond donors (Lipinski definition) is 0. The largest absolute Gasteiger partial charge is 0.480 e. The van der Waals surface area contributed by atoms with Crippen molar-refractivity contribution in [2.45, 2.75) is 6.18 Å². The highest BCUT2D eigenvalue weighted by Crippen LogP contribution is 2.28. The molecule has 0 N–H and O–H groups in total. The molecule has 0 aliphatic heterocycles. The first-order valence-electron chi connectivity index (χ1n) is 4.90. The summed E-state index contributed by atoms with van der Waals surface area (Å²) in [5, 5.41) is 0. The van der Waals surface area contributed by atoms with Gasteiger partial charge in [-0.1, -0.05) is 12.1 Å². The van der Waals surface area contributed by atoms with Crippen molar-refractivity contribution >= 4 is 5.97 Å². The minimum Gasteiger partial charge on any atom is -0.480 e. The second-order valence-electron chi connectivity index (χ2n) is 3.22. The molecule has 7 heteroatoms. The van der Waals surface area contributed by atoms with Crippen molar-refractivity contribution in [2.24, 2.45) is 0 Å². The van der Waals surface area contributed by atoms with Crippen molar-refractivity contribution in [1.29, 1.82) is 0 Å². The third-order valence-corrected chi connectivity index (χ3v) is 1.81. The van der Waals surface area contributed by atoms with Gasteiger partial charge in [-0.2, -0.15) is 13.2 Å². The Kier molecular flexibility index (Phi) is 4.82. The third-order valence-electron chi connectivity index (χ3n) is 1.81. The van der Waals surface area contributed by atoms with Crippen molar-refractivity contribution in [1.82, 2.24) is 0 Å². The Labute approximate surface area is 101 Å². The van der Waals surface area contributed by atoms with Crippen molar-refractivity contribution in [3.8, 4) is 11.5 Å². The maximum Gasteiger partial charge on any atom is 0.422 e. The molecule has 4 nitrogen and oxygen atoms in total. The summed E-state index contributed by atoms with van der Waals surface area (Å²) in [5.74, 6) is -0.675. The van der Waals surface area contributed by atoms with Crippen LogP contribution in [0.5, 0.6) is 11.5 Å². The van der Waals surface area contributed by atoms with Crippen LogP contribution in [0.3, 0.4) is 0 Å². The predicted molar refractivity (Wildman–Crippen MR) is 55.5 cm³/mol. The van der Waals surface area contributed by atoms with Crippen LogP contribution in [0.4, 0.5) is 13.2 Å². The predicted octanol–water partition coefficient (Wildman–Crippen LogP) is 2.18. The smallest absolute Gasteiger partial charge is 0.422 e. The first kappa shape index (κ1) is 14.1. The van der Waals surface area contributed by atoms with E-state index in [-0.39, 0.29) is 11.5 Å². The van der Waals surface area contributed by atoms with E-state index in [1.807, 2.05) is 0 Å². The lowest BCUT2D eigenvalue weighted by atomic mass is 10.3. The number of ether oxygens (including phenoxy) is 3. The van der Waals surface area contributed by atoms with Crippen molar-refractivity contribution in [2.75, 3.05) is 20.3 Å². The molecule has 0 radical (unpaired) electrons. The average Bonchev–Trinajstić information content (AvgIpc) is 2.33. The van der Waals surface area contributed by atoms with Gasteiger partial charge in [0.15, 0.2) is 24.7 Å². The van der Waals surface area contributed by atoms with Crippen LogP contribution in [0.15, 0.2) is 24.3 Å². The maximum absolute atomic E-state index is 12.0. The van der Waals surface area contributed by atoms with Gasteiger partial charge in [0, 0.05) is 0 Å². The summed E-state index contributed by atoms with van der Waals surface area (Å²) >= 11 is 0. The molecule has 0 bridgehead atoms. The van der Waals surface area contributed by atoms with Gasteiger partial charge < -0.3 is 14.2 Å². The monoisotopic (exact) mass is 264 g/mol. The van der Waals surface area contributed by atoms with Crippen LogP contribution in [-0.2, 0) is 9.53 Å². The number of halogens is 3. The summed E-state index contributed by atoms with van der Waals surface area (Å²) in [6.45, 7) is -1.82. The van der Waals surface area contributed by atoms with E-state index in [9.17, 15) is 18.0 Å². The van der Waals surface area contributed by atoms with Crippen LogP contribution >= 0.6 is 0 Å². The number of para-hydroxylation sites is 2. The molecule has 1 aromatic rings. The quantitative estimate of drug-likeness (QED) is 0.765. The van der Waals surface area contributed by atoms with Gasteiger partial charge in [0.2, 0.25) is 0 Å². The molecule has 1 rings (SSSR count). The molecule has 0 aliphatic carbocycles. The molecule has 100 valence electrons. The van der Waals surface area contributed by atoms with E-state index in [1.54, 1.807) is 6.07 Å². The van der Waals surface area contributed by atoms with Crippen molar-refractivity contribution in [3.63, 3.8) is 0 Å². The first-order chi connectivity index (χ1) is 8.42. The van der Waals surface area contributed by atoms with Gasteiger partial charge >= 0.3 is 12.1 Å². The molecule has 0 spiro atoms. The van der Waals surface area contributed by atoms with Crippen LogP contribution in [-0.4, -0.2) is 32.5 Å². The lowest BCUT2D eigenvalue weighted by Gasteiger charge is -2.13. The maximum atomic E-state index is 12.0. The van der Waals surface area contributed by atoms with E-state index in [1.165, 1.54) is 25.3 Å². The molecule has 0 fully saturated rings. The van der Waals surface area contributed by atoms with Gasteiger partial charge in [0.05, 0.1) is 7.11 Å². The average molecular weight is 264 g/mol. The summed E-state index contributed by atoms with van der Waals surface area (Å²) in [7, 11) is 1.18. The molecule has 1 aromatic carbocycles. The first-order valence-corrected chi connectivity index (χ1v) is 4.90. The zero-order chi connectivity index (χ0) is 13.6. The molecule has 0 unspecified atom stereocenters. The highest BCUT2D eigenvalue weighted by Gasteiger charge is 2.28. The number of esters is 1. The number of rotatable bonds is 5. The molecule has 0 amide bonds. The Hall–Kier alpha value is -1.92. The van der Waals surface area contributed by atoms with Crippen LogP contribution in [0.25, 0.3) is 0 Å². The third kappa shape index (κ3) is 4.94. The normalized spacial score (nSPS) is 10.9. The van der Waals surface area contributed by atoms with Gasteiger partial charge in [-0.3, -0.25) is 0 Å². The highest BCUT2D eigenvalue weighted by atomic mass is 19.4. The number of benzene rings is 1. The molecule has 18 heavy (non-hydrogen) atoms. The van der Waals surface area contributed by atoms with E-state index in [0.29, 0.717) is 0 Å². The van der Waals surface area contributed by atoms with Crippen LogP contribution in [0.1, 0.15) is 0 Å². The van der Waals surface area contributed by atoms with Crippen LogP contribution in [0, 0.1) is 0 Å². The molecule has 0 atom stereocenters. The summed E-state index contributed by atoms with van der Waals surface area (Å²) < 4.78 is 49.9. The molecule has 0 saturated heterocycles. The minimum atomic E-state index is -4.44. The van der Waals surface area contributed by atoms with Gasteiger partial charge in [-0.05, 0) is 12.1 Å². The fourth-order valence-corrected chi connectivity index (χ4v) is 1.04. The summed E-state index contributed by atoms with van der Waals surface area (Å²) in [4.78, 5) is 10.8. The van der Waals surface area contributed by atoms with Crippen molar-refractivity contribution in [3.05, 3.63) is 24.3 Å². The molecule has 0 saturated carbocycles. The lowest BCUT2D eigenvalue weighted by Crippen LogP contribution is -2.20. The van der Waals surface area contributed by atoms with Crippen molar-refractivity contribution < 1.29 is 32.2 Å². The van der Waals surface area contributed by atoms with Crippen LogP contribution < -0.4 is 9.47 Å². The van der Waals surface area contributed by atoms with E-state index < -0.39 is 25.4 Å². The van der Waals surface area contributed by atoms with Gasteiger partial charge in [-0.15, -0.1) is 0 Å². The summed E-state index contributed by atoms with van der Waals surface area (Å²) in [6, 6.07) is 5.76. The zero-order valence-electron chi connectivity index (χ0n) is 9.49. The van der Waals surface area contributed by atoms with Crippen LogP contribution in [0.2, 0.25) is 0 Å². The zero-order valence-corrected chi connectivity index (χ0v) is 9.49. The van der Waals surface area contributed by atoms with Gasteiger partial charge in [0.25, 0.3) is 0 Å². The number of carbonyl (C=O) groups excluding carboxylic acids is 1. The Morgan fingerprint density at radius 3 is 2.22 bits per heavy atom. The van der Waals surface area contributed by atoms with E-state index in [4.69, 9.17) is 4.74 Å². The second kappa shape index (κ2) is 6.13. The fraction of sp³-hybridized carbons (Fsp3) is 0.364. The molecular weight excluding hydrogens is 253 g/mol. The number of hydrogen-bond acceptors (Lipinski definition) is 4. The molecule has 0 aromatic heterocycles. The molecule has 0 aliphatic rings. The van der Waals surface area contributed by atoms with Gasteiger partial charge in [0.1, 0.15) is 0 Å². The Morgan fingerprint density at radius 1 is 1.17 bits per heavy atom. The molecular formula is C11H11F3O4. The Morgan fingerprint density at radius 2 is 1.72 bits per heavy atom. The number of carbonyl (C=O) groups is 1. The lowest BCUT2D eigenvalue weighted by molar-refractivity contribution is -0.154.